The minimum absolute atomic E-state index is 0.588. The fraction of sp³-hybridized carbons (Fsp3) is 0.538. The van der Waals surface area contributed by atoms with E-state index in [4.69, 9.17) is 4.52 Å². The van der Waals surface area contributed by atoms with Gasteiger partial charge in [-0.1, -0.05) is 12.1 Å². The maximum Gasteiger partial charge on any atom is 0.223 e. The summed E-state index contributed by atoms with van der Waals surface area (Å²) in [6.45, 7) is 7.40. The van der Waals surface area contributed by atoms with Crippen LogP contribution in [0.3, 0.4) is 0 Å². The van der Waals surface area contributed by atoms with Gasteiger partial charge in [0.25, 0.3) is 0 Å². The molecule has 0 spiro atoms. The van der Waals surface area contributed by atoms with Gasteiger partial charge in [0.05, 0.1) is 0 Å². The molecule has 2 heterocycles. The Labute approximate surface area is 118 Å². The summed E-state index contributed by atoms with van der Waals surface area (Å²) in [5.41, 5.74) is 0. The second kappa shape index (κ2) is 6.83. The number of hydrogen-bond donors (Lipinski definition) is 2. The molecule has 0 aliphatic rings. The number of aromatic nitrogens is 4. The Kier molecular flexibility index (Phi) is 4.86. The molecule has 0 saturated heterocycles. The van der Waals surface area contributed by atoms with E-state index in [9.17, 15) is 0 Å². The molecule has 108 valence electrons. The van der Waals surface area contributed by atoms with Gasteiger partial charge < -0.3 is 15.2 Å². The summed E-state index contributed by atoms with van der Waals surface area (Å²) in [6.07, 6.45) is 1.50. The van der Waals surface area contributed by atoms with Gasteiger partial charge in [-0.3, -0.25) is 0 Å². The Morgan fingerprint density at radius 1 is 1.05 bits per heavy atom. The van der Waals surface area contributed by atoms with Gasteiger partial charge in [-0.05, 0) is 6.92 Å². The van der Waals surface area contributed by atoms with Crippen LogP contribution in [-0.2, 0) is 12.8 Å². The Morgan fingerprint density at radius 2 is 1.80 bits per heavy atom. The lowest BCUT2D eigenvalue weighted by molar-refractivity contribution is 0.387. The van der Waals surface area contributed by atoms with Gasteiger partial charge in [0.2, 0.25) is 5.89 Å². The summed E-state index contributed by atoms with van der Waals surface area (Å²) in [6, 6.07) is 1.91. The van der Waals surface area contributed by atoms with Crippen LogP contribution in [0.4, 0.5) is 11.6 Å². The maximum atomic E-state index is 4.93. The van der Waals surface area contributed by atoms with Crippen molar-refractivity contribution in [2.45, 2.75) is 33.6 Å². The Balaban J connectivity index is 1.95. The van der Waals surface area contributed by atoms with Gasteiger partial charge in [-0.2, -0.15) is 4.98 Å². The zero-order chi connectivity index (χ0) is 14.4. The second-order valence-corrected chi connectivity index (χ2v) is 4.34. The lowest BCUT2D eigenvalue weighted by Crippen LogP contribution is -2.10. The highest BCUT2D eigenvalue weighted by atomic mass is 16.5. The number of aryl methyl sites for hydroxylation is 2. The second-order valence-electron chi connectivity index (χ2n) is 4.34. The molecular formula is C13H20N6O. The van der Waals surface area contributed by atoms with E-state index in [1.54, 1.807) is 6.92 Å². The van der Waals surface area contributed by atoms with E-state index in [0.717, 1.165) is 30.4 Å². The van der Waals surface area contributed by atoms with E-state index < -0.39 is 0 Å². The van der Waals surface area contributed by atoms with Crippen LogP contribution in [0.2, 0.25) is 0 Å². The summed E-state index contributed by atoms with van der Waals surface area (Å²) in [7, 11) is 0. The number of nitrogens with zero attached hydrogens (tertiary/aromatic N) is 4. The zero-order valence-electron chi connectivity index (χ0n) is 12.1. The van der Waals surface area contributed by atoms with Crippen molar-refractivity contribution in [3.8, 4) is 0 Å². The van der Waals surface area contributed by atoms with E-state index in [1.807, 2.05) is 19.9 Å². The molecular weight excluding hydrogens is 256 g/mol. The molecule has 20 heavy (non-hydrogen) atoms. The SMILES string of the molecule is CCNc1cc(NCCc2noc(C)n2)nc(CC)n1. The van der Waals surface area contributed by atoms with Gasteiger partial charge in [0, 0.05) is 38.9 Å². The normalized spacial score (nSPS) is 10.6. The summed E-state index contributed by atoms with van der Waals surface area (Å²) >= 11 is 0. The summed E-state index contributed by atoms with van der Waals surface area (Å²) in [4.78, 5) is 13.0. The molecule has 0 amide bonds. The molecule has 0 saturated carbocycles. The number of nitrogens with one attached hydrogen (secondary N) is 2. The first kappa shape index (κ1) is 14.2. The highest BCUT2D eigenvalue weighted by Gasteiger charge is 2.05. The third-order valence-electron chi connectivity index (χ3n) is 2.67. The van der Waals surface area contributed by atoms with E-state index >= 15 is 0 Å². The van der Waals surface area contributed by atoms with Crippen LogP contribution in [-0.4, -0.2) is 33.2 Å². The van der Waals surface area contributed by atoms with Crippen molar-refractivity contribution in [3.05, 3.63) is 23.6 Å². The quantitative estimate of drug-likeness (QED) is 0.797. The van der Waals surface area contributed by atoms with Crippen LogP contribution in [0, 0.1) is 6.92 Å². The van der Waals surface area contributed by atoms with Crippen molar-refractivity contribution >= 4 is 11.6 Å². The fourth-order valence-electron chi connectivity index (χ4n) is 1.76. The van der Waals surface area contributed by atoms with Gasteiger partial charge in [-0.15, -0.1) is 0 Å². The van der Waals surface area contributed by atoms with Crippen molar-refractivity contribution in [1.29, 1.82) is 0 Å². The van der Waals surface area contributed by atoms with E-state index in [-0.39, 0.29) is 0 Å². The van der Waals surface area contributed by atoms with Gasteiger partial charge >= 0.3 is 0 Å². The molecule has 2 N–H and O–H groups in total. The Hall–Kier alpha value is -2.18. The predicted molar refractivity (Wildman–Crippen MR) is 76.8 cm³/mol. The fourth-order valence-corrected chi connectivity index (χ4v) is 1.76. The van der Waals surface area contributed by atoms with Crippen molar-refractivity contribution in [3.63, 3.8) is 0 Å². The molecule has 7 nitrogen and oxygen atoms in total. The minimum atomic E-state index is 0.588. The standard InChI is InChI=1S/C13H20N6O/c1-4-10-17-12(14-5-2)8-13(18-10)15-7-6-11-16-9(3)20-19-11/h8H,4-7H2,1-3H3,(H2,14,15,17,18). The first-order valence-corrected chi connectivity index (χ1v) is 6.86. The van der Waals surface area contributed by atoms with Crippen LogP contribution in [0.15, 0.2) is 10.6 Å². The lowest BCUT2D eigenvalue weighted by atomic mass is 10.3. The number of anilines is 2. The molecule has 0 aromatic carbocycles. The molecule has 0 unspecified atom stereocenters. The average molecular weight is 276 g/mol. The summed E-state index contributed by atoms with van der Waals surface area (Å²) in [5.74, 6) is 3.77. The van der Waals surface area contributed by atoms with E-state index in [0.29, 0.717) is 24.7 Å². The van der Waals surface area contributed by atoms with E-state index in [1.165, 1.54) is 0 Å². The largest absolute Gasteiger partial charge is 0.370 e. The highest BCUT2D eigenvalue weighted by molar-refractivity contribution is 5.47. The van der Waals surface area contributed by atoms with Gasteiger partial charge in [-0.25, -0.2) is 9.97 Å². The van der Waals surface area contributed by atoms with Crippen LogP contribution in [0.25, 0.3) is 0 Å². The first-order valence-electron chi connectivity index (χ1n) is 6.86. The monoisotopic (exact) mass is 276 g/mol. The smallest absolute Gasteiger partial charge is 0.223 e. The number of rotatable bonds is 7. The maximum absolute atomic E-state index is 4.93. The molecule has 0 aliphatic heterocycles. The average Bonchev–Trinajstić information content (AvgIpc) is 2.84. The molecule has 7 heteroatoms. The van der Waals surface area contributed by atoms with Crippen molar-refractivity contribution in [1.82, 2.24) is 20.1 Å². The Bertz CT molecular complexity index is 554. The van der Waals surface area contributed by atoms with Crippen LogP contribution >= 0.6 is 0 Å². The van der Waals surface area contributed by atoms with Gasteiger partial charge in [0.15, 0.2) is 5.82 Å². The van der Waals surface area contributed by atoms with Crippen LogP contribution in [0.1, 0.15) is 31.4 Å². The van der Waals surface area contributed by atoms with Crippen molar-refractivity contribution in [2.24, 2.45) is 0 Å². The Morgan fingerprint density at radius 3 is 2.40 bits per heavy atom. The third-order valence-corrected chi connectivity index (χ3v) is 2.67. The van der Waals surface area contributed by atoms with E-state index in [2.05, 4.69) is 30.7 Å². The van der Waals surface area contributed by atoms with Crippen LogP contribution in [0.5, 0.6) is 0 Å². The zero-order valence-corrected chi connectivity index (χ0v) is 12.1. The van der Waals surface area contributed by atoms with Crippen LogP contribution < -0.4 is 10.6 Å². The first-order chi connectivity index (χ1) is 9.71. The molecule has 0 radical (unpaired) electrons. The molecule has 0 atom stereocenters. The number of hydrogen-bond acceptors (Lipinski definition) is 7. The lowest BCUT2D eigenvalue weighted by Gasteiger charge is -2.09. The third kappa shape index (κ3) is 3.91. The van der Waals surface area contributed by atoms with Gasteiger partial charge in [0.1, 0.15) is 17.5 Å². The molecule has 0 bridgehead atoms. The minimum Gasteiger partial charge on any atom is -0.370 e. The highest BCUT2D eigenvalue weighted by Crippen LogP contribution is 2.11. The summed E-state index contributed by atoms with van der Waals surface area (Å²) in [5, 5.41) is 10.3. The predicted octanol–water partition coefficient (Wildman–Crippen LogP) is 1.82. The van der Waals surface area contributed by atoms with Crippen molar-refractivity contribution < 1.29 is 4.52 Å². The molecule has 0 aliphatic carbocycles. The topological polar surface area (TPSA) is 88.8 Å². The molecule has 2 rings (SSSR count). The summed E-state index contributed by atoms with van der Waals surface area (Å²) < 4.78 is 4.93. The van der Waals surface area contributed by atoms with Crippen molar-refractivity contribution in [2.75, 3.05) is 23.7 Å². The molecule has 2 aromatic rings. The molecule has 0 fully saturated rings. The molecule has 2 aromatic heterocycles.